The molecule has 0 aromatic rings. The Hall–Kier alpha value is -1.34. The van der Waals surface area contributed by atoms with Crippen LogP contribution in [0.3, 0.4) is 0 Å². The third kappa shape index (κ3) is 6.76. The van der Waals surface area contributed by atoms with Gasteiger partial charge in [-0.15, -0.1) is 0 Å². The van der Waals surface area contributed by atoms with E-state index in [4.69, 9.17) is 4.74 Å². The fourth-order valence-electron chi connectivity index (χ4n) is 3.45. The van der Waals surface area contributed by atoms with Gasteiger partial charge in [0.2, 0.25) is 5.91 Å². The summed E-state index contributed by atoms with van der Waals surface area (Å²) in [6, 6.07) is 0. The predicted octanol–water partition coefficient (Wildman–Crippen LogP) is 1.34. The molecule has 2 amide bonds. The molecule has 0 atom stereocenters. The molecule has 0 spiro atoms. The smallest absolute Gasteiger partial charge is 0.410 e. The summed E-state index contributed by atoms with van der Waals surface area (Å²) < 4.78 is 5.46. The highest BCUT2D eigenvalue weighted by Crippen LogP contribution is 2.21. The summed E-state index contributed by atoms with van der Waals surface area (Å²) in [7, 11) is 3.62. The first kappa shape index (κ1) is 21.0. The first-order chi connectivity index (χ1) is 12.1. The Balaban J connectivity index is 1.66. The summed E-state index contributed by atoms with van der Waals surface area (Å²) in [6.45, 7) is 12.9. The van der Waals surface area contributed by atoms with E-state index >= 15 is 0 Å². The van der Waals surface area contributed by atoms with Gasteiger partial charge >= 0.3 is 6.09 Å². The normalized spacial score (nSPS) is 20.9. The van der Waals surface area contributed by atoms with Gasteiger partial charge in [0.25, 0.3) is 0 Å². The van der Waals surface area contributed by atoms with Crippen LogP contribution in [0.2, 0.25) is 0 Å². The summed E-state index contributed by atoms with van der Waals surface area (Å²) in [5.74, 6) is 0.816. The minimum absolute atomic E-state index is 0.174. The molecule has 26 heavy (non-hydrogen) atoms. The third-order valence-corrected chi connectivity index (χ3v) is 5.11. The topological polar surface area (TPSA) is 56.3 Å². The van der Waals surface area contributed by atoms with Crippen LogP contribution in [0.15, 0.2) is 0 Å². The van der Waals surface area contributed by atoms with Crippen LogP contribution in [0, 0.1) is 5.92 Å². The maximum atomic E-state index is 12.1. The number of hydrogen-bond acceptors (Lipinski definition) is 5. The van der Waals surface area contributed by atoms with Gasteiger partial charge in [0.05, 0.1) is 6.54 Å². The molecule has 0 saturated carbocycles. The van der Waals surface area contributed by atoms with Gasteiger partial charge < -0.3 is 19.4 Å². The molecular formula is C19H36N4O3. The van der Waals surface area contributed by atoms with Crippen molar-refractivity contribution < 1.29 is 14.3 Å². The Morgan fingerprint density at radius 3 is 2.00 bits per heavy atom. The van der Waals surface area contributed by atoms with Crippen LogP contribution in [0.5, 0.6) is 0 Å². The van der Waals surface area contributed by atoms with Crippen molar-refractivity contribution in [3.05, 3.63) is 0 Å². The molecule has 7 heteroatoms. The zero-order valence-electron chi connectivity index (χ0n) is 17.2. The van der Waals surface area contributed by atoms with E-state index in [-0.39, 0.29) is 12.0 Å². The summed E-state index contributed by atoms with van der Waals surface area (Å²) in [5, 5.41) is 0. The highest BCUT2D eigenvalue weighted by atomic mass is 16.6. The third-order valence-electron chi connectivity index (χ3n) is 5.11. The summed E-state index contributed by atoms with van der Waals surface area (Å²) in [4.78, 5) is 32.2. The molecule has 0 bridgehead atoms. The molecule has 2 heterocycles. The van der Waals surface area contributed by atoms with Gasteiger partial charge in [-0.25, -0.2) is 4.79 Å². The number of amides is 2. The molecular weight excluding hydrogens is 332 g/mol. The molecule has 0 aliphatic carbocycles. The molecule has 0 aromatic carbocycles. The van der Waals surface area contributed by atoms with Crippen molar-refractivity contribution in [1.29, 1.82) is 0 Å². The second-order valence-electron chi connectivity index (χ2n) is 8.78. The van der Waals surface area contributed by atoms with Crippen LogP contribution in [0.25, 0.3) is 0 Å². The molecule has 2 aliphatic rings. The molecule has 0 N–H and O–H groups in total. The van der Waals surface area contributed by atoms with Crippen molar-refractivity contribution in [3.63, 3.8) is 0 Å². The molecule has 2 aliphatic heterocycles. The van der Waals surface area contributed by atoms with Crippen molar-refractivity contribution >= 4 is 12.0 Å². The molecule has 0 aromatic heterocycles. The number of likely N-dealkylation sites (tertiary alicyclic amines) is 1. The highest BCUT2D eigenvalue weighted by molar-refractivity contribution is 5.77. The minimum atomic E-state index is -0.429. The number of hydrogen-bond donors (Lipinski definition) is 0. The van der Waals surface area contributed by atoms with Gasteiger partial charge in [0.15, 0.2) is 0 Å². The second kappa shape index (κ2) is 9.04. The van der Waals surface area contributed by atoms with Gasteiger partial charge in [0.1, 0.15) is 5.60 Å². The predicted molar refractivity (Wildman–Crippen MR) is 102 cm³/mol. The number of carbonyl (C=O) groups is 2. The van der Waals surface area contributed by atoms with E-state index < -0.39 is 5.60 Å². The Kier molecular flexibility index (Phi) is 7.29. The number of rotatable bonds is 4. The fourth-order valence-corrected chi connectivity index (χ4v) is 3.45. The van der Waals surface area contributed by atoms with E-state index in [0.717, 1.165) is 58.7 Å². The highest BCUT2D eigenvalue weighted by Gasteiger charge is 2.28. The zero-order valence-corrected chi connectivity index (χ0v) is 17.2. The maximum Gasteiger partial charge on any atom is 0.410 e. The quantitative estimate of drug-likeness (QED) is 0.750. The van der Waals surface area contributed by atoms with Gasteiger partial charge in [-0.3, -0.25) is 9.69 Å². The number of piperazine rings is 1. The first-order valence-electron chi connectivity index (χ1n) is 9.77. The number of nitrogens with zero attached hydrogens (tertiary/aromatic N) is 4. The number of piperidine rings is 1. The van der Waals surface area contributed by atoms with Crippen molar-refractivity contribution in [2.75, 3.05) is 66.5 Å². The van der Waals surface area contributed by atoms with Crippen LogP contribution < -0.4 is 0 Å². The molecule has 2 fully saturated rings. The van der Waals surface area contributed by atoms with Crippen LogP contribution in [0.4, 0.5) is 4.79 Å². The standard InChI is InChI=1S/C19H36N4O3/c1-19(2,3)26-18(25)23-8-6-16(7-9-23)14-21-10-12-22(13-11-21)15-17(24)20(4)5/h16H,6-15H2,1-5H3. The Bertz CT molecular complexity index is 474. The average molecular weight is 369 g/mol. The lowest BCUT2D eigenvalue weighted by Gasteiger charge is -2.39. The van der Waals surface area contributed by atoms with Crippen molar-refractivity contribution in [1.82, 2.24) is 19.6 Å². The Labute approximate surface area is 158 Å². The lowest BCUT2D eigenvalue weighted by Crippen LogP contribution is -2.51. The van der Waals surface area contributed by atoms with Crippen molar-refractivity contribution in [2.45, 2.75) is 39.2 Å². The molecule has 0 unspecified atom stereocenters. The Morgan fingerprint density at radius 2 is 1.50 bits per heavy atom. The van der Waals surface area contributed by atoms with Crippen molar-refractivity contribution in [2.24, 2.45) is 5.92 Å². The van der Waals surface area contributed by atoms with Gasteiger partial charge in [0, 0.05) is 59.9 Å². The van der Waals surface area contributed by atoms with E-state index in [2.05, 4.69) is 9.80 Å². The first-order valence-corrected chi connectivity index (χ1v) is 9.77. The van der Waals surface area contributed by atoms with Crippen LogP contribution in [-0.4, -0.2) is 104 Å². The Morgan fingerprint density at radius 1 is 0.962 bits per heavy atom. The summed E-state index contributed by atoms with van der Waals surface area (Å²) in [6.07, 6.45) is 1.90. The van der Waals surface area contributed by atoms with Crippen LogP contribution >= 0.6 is 0 Å². The van der Waals surface area contributed by atoms with Gasteiger partial charge in [-0.05, 0) is 39.5 Å². The van der Waals surface area contributed by atoms with Crippen molar-refractivity contribution in [3.8, 4) is 0 Å². The minimum Gasteiger partial charge on any atom is -0.444 e. The lowest BCUT2D eigenvalue weighted by molar-refractivity contribution is -0.130. The van der Waals surface area contributed by atoms with Gasteiger partial charge in [-0.1, -0.05) is 0 Å². The maximum absolute atomic E-state index is 12.1. The van der Waals surface area contributed by atoms with E-state index in [9.17, 15) is 9.59 Å². The fraction of sp³-hybridized carbons (Fsp3) is 0.895. The second-order valence-corrected chi connectivity index (χ2v) is 8.78. The van der Waals surface area contributed by atoms with Crippen LogP contribution in [0.1, 0.15) is 33.6 Å². The number of ether oxygens (including phenoxy) is 1. The molecule has 0 radical (unpaired) electrons. The van der Waals surface area contributed by atoms with Gasteiger partial charge in [-0.2, -0.15) is 0 Å². The molecule has 150 valence electrons. The number of carbonyl (C=O) groups excluding carboxylic acids is 2. The molecule has 7 nitrogen and oxygen atoms in total. The SMILES string of the molecule is CN(C)C(=O)CN1CCN(CC2CCN(C(=O)OC(C)(C)C)CC2)CC1. The summed E-state index contributed by atoms with van der Waals surface area (Å²) >= 11 is 0. The van der Waals surface area contributed by atoms with E-state index in [1.807, 2.05) is 39.8 Å². The van der Waals surface area contributed by atoms with E-state index in [0.29, 0.717) is 12.5 Å². The van der Waals surface area contributed by atoms with E-state index in [1.165, 1.54) is 0 Å². The lowest BCUT2D eigenvalue weighted by atomic mass is 9.96. The van der Waals surface area contributed by atoms with E-state index in [1.54, 1.807) is 4.90 Å². The largest absolute Gasteiger partial charge is 0.444 e. The summed E-state index contributed by atoms with van der Waals surface area (Å²) in [5.41, 5.74) is -0.429. The molecule has 2 saturated heterocycles. The average Bonchev–Trinajstić information content (AvgIpc) is 2.55. The van der Waals surface area contributed by atoms with Crippen LogP contribution in [-0.2, 0) is 9.53 Å². The monoisotopic (exact) mass is 368 g/mol. The zero-order chi connectivity index (χ0) is 19.3. The molecule has 2 rings (SSSR count). The number of likely N-dealkylation sites (N-methyl/N-ethyl adjacent to an activating group) is 1.